The van der Waals surface area contributed by atoms with Crippen LogP contribution in [0, 0.1) is 11.3 Å². The second-order valence-corrected chi connectivity index (χ2v) is 6.45. The zero-order valence-electron chi connectivity index (χ0n) is 11.8. The highest BCUT2D eigenvalue weighted by Crippen LogP contribution is 2.33. The largest absolute Gasteiger partial charge is 0.325 e. The van der Waals surface area contributed by atoms with E-state index in [4.69, 9.17) is 5.73 Å². The molecule has 1 aliphatic heterocycles. The van der Waals surface area contributed by atoms with Crippen molar-refractivity contribution in [1.82, 2.24) is 9.88 Å². The van der Waals surface area contributed by atoms with Crippen LogP contribution in [-0.4, -0.2) is 23.0 Å². The first-order valence-electron chi connectivity index (χ1n) is 6.85. The first-order valence-corrected chi connectivity index (χ1v) is 6.85. The number of rotatable bonds is 3. The molecule has 0 saturated carbocycles. The van der Waals surface area contributed by atoms with E-state index in [1.165, 1.54) is 25.1 Å². The number of likely N-dealkylation sites (tertiary alicyclic amines) is 1. The highest BCUT2D eigenvalue weighted by atomic mass is 15.1. The molecular weight excluding hydrogens is 222 g/mol. The second kappa shape index (κ2) is 5.37. The standard InChI is InChI=1S/C15H25N3/c1-15(2,3)13-5-7-18(11-13)10-12-4-6-17-14(8-12)9-16/h4,6,8,13H,5,7,9-11,16H2,1-3H3. The maximum Gasteiger partial charge on any atom is 0.0542 e. The van der Waals surface area contributed by atoms with E-state index in [2.05, 4.69) is 42.8 Å². The van der Waals surface area contributed by atoms with Crippen LogP contribution >= 0.6 is 0 Å². The average Bonchev–Trinajstić information content (AvgIpc) is 2.77. The summed E-state index contributed by atoms with van der Waals surface area (Å²) >= 11 is 0. The number of nitrogens with two attached hydrogens (primary N) is 1. The topological polar surface area (TPSA) is 42.2 Å². The third-order valence-corrected chi connectivity index (χ3v) is 3.99. The number of hydrogen-bond donors (Lipinski definition) is 1. The second-order valence-electron chi connectivity index (χ2n) is 6.45. The fourth-order valence-electron chi connectivity index (χ4n) is 2.68. The van der Waals surface area contributed by atoms with E-state index < -0.39 is 0 Å². The Hall–Kier alpha value is -0.930. The van der Waals surface area contributed by atoms with Gasteiger partial charge in [-0.05, 0) is 42.0 Å². The average molecular weight is 247 g/mol. The minimum atomic E-state index is 0.426. The van der Waals surface area contributed by atoms with E-state index in [-0.39, 0.29) is 0 Å². The summed E-state index contributed by atoms with van der Waals surface area (Å²) in [6.07, 6.45) is 3.19. The number of aromatic nitrogens is 1. The van der Waals surface area contributed by atoms with E-state index in [0.717, 1.165) is 18.2 Å². The number of hydrogen-bond acceptors (Lipinski definition) is 3. The van der Waals surface area contributed by atoms with Crippen LogP contribution in [0.5, 0.6) is 0 Å². The molecule has 1 unspecified atom stereocenters. The summed E-state index contributed by atoms with van der Waals surface area (Å²) < 4.78 is 0. The van der Waals surface area contributed by atoms with Gasteiger partial charge in [-0.15, -0.1) is 0 Å². The highest BCUT2D eigenvalue weighted by molar-refractivity contribution is 5.16. The summed E-state index contributed by atoms with van der Waals surface area (Å²) in [6.45, 7) is 11.0. The van der Waals surface area contributed by atoms with E-state index >= 15 is 0 Å². The molecule has 1 fully saturated rings. The molecule has 0 bridgehead atoms. The molecule has 18 heavy (non-hydrogen) atoms. The van der Waals surface area contributed by atoms with Gasteiger partial charge in [-0.2, -0.15) is 0 Å². The summed E-state index contributed by atoms with van der Waals surface area (Å²) in [4.78, 5) is 6.79. The van der Waals surface area contributed by atoms with Crippen LogP contribution in [0.15, 0.2) is 18.3 Å². The van der Waals surface area contributed by atoms with Gasteiger partial charge in [-0.3, -0.25) is 9.88 Å². The van der Waals surface area contributed by atoms with E-state index in [0.29, 0.717) is 12.0 Å². The van der Waals surface area contributed by atoms with Gasteiger partial charge in [0.05, 0.1) is 5.69 Å². The Balaban J connectivity index is 1.95. The molecule has 2 N–H and O–H groups in total. The first kappa shape index (κ1) is 13.5. The van der Waals surface area contributed by atoms with Gasteiger partial charge in [0.15, 0.2) is 0 Å². The molecule has 1 aromatic heterocycles. The summed E-state index contributed by atoms with van der Waals surface area (Å²) in [7, 11) is 0. The van der Waals surface area contributed by atoms with E-state index in [1.807, 2.05) is 6.20 Å². The van der Waals surface area contributed by atoms with Gasteiger partial charge in [0.2, 0.25) is 0 Å². The molecule has 2 heterocycles. The first-order chi connectivity index (χ1) is 8.49. The van der Waals surface area contributed by atoms with Gasteiger partial charge in [0.1, 0.15) is 0 Å². The minimum absolute atomic E-state index is 0.426. The van der Waals surface area contributed by atoms with Crippen molar-refractivity contribution in [3.05, 3.63) is 29.6 Å². The lowest BCUT2D eigenvalue weighted by Crippen LogP contribution is -2.25. The van der Waals surface area contributed by atoms with Gasteiger partial charge in [-0.25, -0.2) is 0 Å². The van der Waals surface area contributed by atoms with Crippen molar-refractivity contribution in [2.24, 2.45) is 17.1 Å². The van der Waals surface area contributed by atoms with Crippen molar-refractivity contribution >= 4 is 0 Å². The molecule has 1 aromatic rings. The van der Waals surface area contributed by atoms with Crippen LogP contribution in [-0.2, 0) is 13.1 Å². The van der Waals surface area contributed by atoms with Crippen molar-refractivity contribution in [1.29, 1.82) is 0 Å². The monoisotopic (exact) mass is 247 g/mol. The minimum Gasteiger partial charge on any atom is -0.325 e. The van der Waals surface area contributed by atoms with Crippen LogP contribution in [0.2, 0.25) is 0 Å². The van der Waals surface area contributed by atoms with Crippen molar-refractivity contribution in [2.75, 3.05) is 13.1 Å². The lowest BCUT2D eigenvalue weighted by Gasteiger charge is -2.27. The zero-order chi connectivity index (χ0) is 13.2. The fraction of sp³-hybridized carbons (Fsp3) is 0.667. The third kappa shape index (κ3) is 3.30. The predicted molar refractivity (Wildman–Crippen MR) is 75.0 cm³/mol. The third-order valence-electron chi connectivity index (χ3n) is 3.99. The molecule has 0 aromatic carbocycles. The maximum absolute atomic E-state index is 5.63. The fourth-order valence-corrected chi connectivity index (χ4v) is 2.68. The summed E-state index contributed by atoms with van der Waals surface area (Å²) in [5.74, 6) is 0.813. The van der Waals surface area contributed by atoms with Crippen molar-refractivity contribution in [2.45, 2.75) is 40.3 Å². The molecule has 0 radical (unpaired) electrons. The van der Waals surface area contributed by atoms with Crippen LogP contribution in [0.3, 0.4) is 0 Å². The highest BCUT2D eigenvalue weighted by Gasteiger charge is 2.31. The smallest absolute Gasteiger partial charge is 0.0542 e. The SMILES string of the molecule is CC(C)(C)C1CCN(Cc2ccnc(CN)c2)C1. The molecule has 1 atom stereocenters. The van der Waals surface area contributed by atoms with Gasteiger partial charge in [-0.1, -0.05) is 20.8 Å². The number of pyridine rings is 1. The molecule has 100 valence electrons. The summed E-state index contributed by atoms with van der Waals surface area (Å²) in [5, 5.41) is 0. The predicted octanol–water partition coefficient (Wildman–Crippen LogP) is 2.41. The zero-order valence-corrected chi connectivity index (χ0v) is 11.8. The Morgan fingerprint density at radius 3 is 2.83 bits per heavy atom. The Morgan fingerprint density at radius 2 is 2.22 bits per heavy atom. The summed E-state index contributed by atoms with van der Waals surface area (Å²) in [5.41, 5.74) is 8.37. The summed E-state index contributed by atoms with van der Waals surface area (Å²) in [6, 6.07) is 4.23. The molecule has 2 rings (SSSR count). The molecule has 1 aliphatic rings. The molecule has 0 aliphatic carbocycles. The maximum atomic E-state index is 5.63. The Labute approximate surface area is 110 Å². The van der Waals surface area contributed by atoms with Crippen LogP contribution < -0.4 is 5.73 Å². The molecule has 3 nitrogen and oxygen atoms in total. The van der Waals surface area contributed by atoms with Gasteiger partial charge >= 0.3 is 0 Å². The molecule has 0 spiro atoms. The van der Waals surface area contributed by atoms with Crippen molar-refractivity contribution in [3.8, 4) is 0 Å². The Bertz CT molecular complexity index is 395. The molecule has 1 saturated heterocycles. The Morgan fingerprint density at radius 1 is 1.44 bits per heavy atom. The quantitative estimate of drug-likeness (QED) is 0.892. The van der Waals surface area contributed by atoms with Crippen molar-refractivity contribution < 1.29 is 0 Å². The molecule has 0 amide bonds. The van der Waals surface area contributed by atoms with Gasteiger partial charge in [0.25, 0.3) is 0 Å². The Kier molecular flexibility index (Phi) is 4.03. The van der Waals surface area contributed by atoms with E-state index in [9.17, 15) is 0 Å². The van der Waals surface area contributed by atoms with Crippen LogP contribution in [0.1, 0.15) is 38.4 Å². The normalized spacial score (nSPS) is 21.4. The van der Waals surface area contributed by atoms with Crippen molar-refractivity contribution in [3.63, 3.8) is 0 Å². The lowest BCUT2D eigenvalue weighted by molar-refractivity contribution is 0.226. The molecular formula is C15H25N3. The van der Waals surface area contributed by atoms with Gasteiger partial charge in [0, 0.05) is 25.8 Å². The van der Waals surface area contributed by atoms with Gasteiger partial charge < -0.3 is 5.73 Å². The van der Waals surface area contributed by atoms with Crippen LogP contribution in [0.4, 0.5) is 0 Å². The van der Waals surface area contributed by atoms with Crippen LogP contribution in [0.25, 0.3) is 0 Å². The number of nitrogens with zero attached hydrogens (tertiary/aromatic N) is 2. The lowest BCUT2D eigenvalue weighted by atomic mass is 9.80. The molecule has 3 heteroatoms. The van der Waals surface area contributed by atoms with E-state index in [1.54, 1.807) is 0 Å².